The van der Waals surface area contributed by atoms with Crippen LogP contribution < -0.4 is 0 Å². The Morgan fingerprint density at radius 1 is 0.518 bits per heavy atom. The fourth-order valence-corrected chi connectivity index (χ4v) is 8.76. The highest BCUT2D eigenvalue weighted by Gasteiger charge is 2.43. The molecule has 3 nitrogen and oxygen atoms in total. The van der Waals surface area contributed by atoms with Crippen LogP contribution in [-0.4, -0.2) is 17.9 Å². The average Bonchev–Trinajstić information content (AvgIpc) is 3.54. The van der Waals surface area contributed by atoms with Crippen molar-refractivity contribution in [2.45, 2.75) is 12.3 Å². The van der Waals surface area contributed by atoms with Gasteiger partial charge in [0.05, 0.1) is 0 Å². The van der Waals surface area contributed by atoms with Gasteiger partial charge in [-0.05, 0) is 84.3 Å². The van der Waals surface area contributed by atoms with Gasteiger partial charge in [-0.1, -0.05) is 188 Å². The maximum Gasteiger partial charge on any atom is 0.161 e. The van der Waals surface area contributed by atoms with Crippen LogP contribution in [0.1, 0.15) is 40.3 Å². The fourth-order valence-electron chi connectivity index (χ4n) is 8.76. The molecule has 264 valence electrons. The molecule has 3 heteroatoms. The Labute approximate surface area is 326 Å². The molecule has 0 amide bonds. The minimum absolute atomic E-state index is 0.153. The van der Waals surface area contributed by atoms with E-state index in [1.165, 1.54) is 32.8 Å². The zero-order chi connectivity index (χ0) is 37.6. The molecule has 9 aromatic carbocycles. The van der Waals surface area contributed by atoms with Crippen molar-refractivity contribution in [2.75, 3.05) is 0 Å². The van der Waals surface area contributed by atoms with Crippen molar-refractivity contribution in [1.29, 1.82) is 5.41 Å². The third kappa shape index (κ3) is 5.48. The lowest BCUT2D eigenvalue weighted by molar-refractivity contribution is 0.712. The number of hydrogen-bond donors (Lipinski definition) is 1. The van der Waals surface area contributed by atoms with E-state index in [4.69, 9.17) is 9.98 Å². The number of nitrogens with zero attached hydrogens (tertiary/aromatic N) is 2. The van der Waals surface area contributed by atoms with Gasteiger partial charge in [0.1, 0.15) is 0 Å². The lowest BCUT2D eigenvalue weighted by Crippen LogP contribution is -2.25. The Morgan fingerprint density at radius 3 is 1.96 bits per heavy atom. The van der Waals surface area contributed by atoms with Crippen molar-refractivity contribution >= 4 is 50.2 Å². The third-order valence-electron chi connectivity index (χ3n) is 11.5. The Hall–Kier alpha value is -7.23. The second-order valence-corrected chi connectivity index (χ2v) is 14.6. The topological polar surface area (TPSA) is 48.6 Å². The van der Waals surface area contributed by atoms with E-state index < -0.39 is 5.41 Å². The van der Waals surface area contributed by atoms with Gasteiger partial charge in [0.15, 0.2) is 11.7 Å². The third-order valence-corrected chi connectivity index (χ3v) is 11.5. The molecule has 0 aromatic heterocycles. The maximum atomic E-state index is 9.45. The Bertz CT molecular complexity index is 3030. The maximum absolute atomic E-state index is 9.45. The van der Waals surface area contributed by atoms with Crippen LogP contribution in [-0.2, 0) is 5.41 Å². The molecule has 0 bridgehead atoms. The van der Waals surface area contributed by atoms with Crippen molar-refractivity contribution < 1.29 is 0 Å². The van der Waals surface area contributed by atoms with Gasteiger partial charge < -0.3 is 0 Å². The Morgan fingerprint density at radius 2 is 1.16 bits per heavy atom. The van der Waals surface area contributed by atoms with Crippen LogP contribution in [0.3, 0.4) is 0 Å². The van der Waals surface area contributed by atoms with Crippen molar-refractivity contribution in [3.8, 4) is 22.3 Å². The monoisotopic (exact) mass is 715 g/mol. The molecule has 1 N–H and O–H groups in total. The normalized spacial score (nSPS) is 15.1. The SMILES string of the molecule is CC1(c2ccccc2)c2ccccc2-c2cccc(C(N=Cc3c4ccccc4cc4c3ccc3ccccc34)=NC(=N)c3ccc(-c4ccccc4)cc3)c21. The molecule has 1 aliphatic rings. The van der Waals surface area contributed by atoms with E-state index in [0.717, 1.165) is 55.1 Å². The first-order valence-electron chi connectivity index (χ1n) is 19.1. The smallest absolute Gasteiger partial charge is 0.161 e. The van der Waals surface area contributed by atoms with Gasteiger partial charge in [-0.2, -0.15) is 0 Å². The summed E-state index contributed by atoms with van der Waals surface area (Å²) in [7, 11) is 0. The second-order valence-electron chi connectivity index (χ2n) is 14.6. The van der Waals surface area contributed by atoms with Crippen molar-refractivity contribution in [3.63, 3.8) is 0 Å². The second kappa shape index (κ2) is 13.6. The summed E-state index contributed by atoms with van der Waals surface area (Å²) < 4.78 is 0. The zero-order valence-corrected chi connectivity index (χ0v) is 30.9. The predicted octanol–water partition coefficient (Wildman–Crippen LogP) is 13.0. The number of amidine groups is 2. The van der Waals surface area contributed by atoms with E-state index in [1.54, 1.807) is 0 Å². The highest BCUT2D eigenvalue weighted by molar-refractivity contribution is 6.22. The summed E-state index contributed by atoms with van der Waals surface area (Å²) in [6, 6.07) is 68.0. The fraction of sp³-hybridized carbons (Fsp3) is 0.0377. The molecular formula is C53H37N3. The molecule has 1 unspecified atom stereocenters. The van der Waals surface area contributed by atoms with Crippen molar-refractivity contribution in [1.82, 2.24) is 0 Å². The van der Waals surface area contributed by atoms with Gasteiger partial charge in [0.2, 0.25) is 0 Å². The van der Waals surface area contributed by atoms with Gasteiger partial charge in [0.25, 0.3) is 0 Å². The molecule has 0 heterocycles. The van der Waals surface area contributed by atoms with Crippen LogP contribution in [0.2, 0.25) is 0 Å². The highest BCUT2D eigenvalue weighted by atomic mass is 15.0. The van der Waals surface area contributed by atoms with Crippen LogP contribution >= 0.6 is 0 Å². The van der Waals surface area contributed by atoms with E-state index in [9.17, 15) is 5.41 Å². The summed E-state index contributed by atoms with van der Waals surface area (Å²) in [6.45, 7) is 2.31. The Balaban J connectivity index is 1.20. The molecule has 0 spiro atoms. The minimum Gasteiger partial charge on any atom is -0.282 e. The van der Waals surface area contributed by atoms with Gasteiger partial charge in [-0.3, -0.25) is 5.41 Å². The number of hydrogen-bond acceptors (Lipinski definition) is 1. The largest absolute Gasteiger partial charge is 0.282 e. The summed E-state index contributed by atoms with van der Waals surface area (Å²) in [6.07, 6.45) is 1.98. The molecule has 1 atom stereocenters. The summed E-state index contributed by atoms with van der Waals surface area (Å²) in [4.78, 5) is 10.5. The van der Waals surface area contributed by atoms with E-state index in [1.807, 2.05) is 36.5 Å². The van der Waals surface area contributed by atoms with Crippen LogP contribution in [0.15, 0.2) is 204 Å². The summed E-state index contributed by atoms with van der Waals surface area (Å²) >= 11 is 0. The molecule has 1 aliphatic carbocycles. The van der Waals surface area contributed by atoms with Gasteiger partial charge in [0, 0.05) is 28.3 Å². The molecule has 9 aromatic rings. The summed E-state index contributed by atoms with van der Waals surface area (Å²) in [5.41, 5.74) is 10.3. The molecule has 0 saturated heterocycles. The van der Waals surface area contributed by atoms with E-state index in [-0.39, 0.29) is 5.84 Å². The molecule has 0 saturated carbocycles. The number of nitrogens with one attached hydrogen (secondary N) is 1. The number of aliphatic imine (C=N–C) groups is 2. The average molecular weight is 716 g/mol. The van der Waals surface area contributed by atoms with Gasteiger partial charge in [-0.15, -0.1) is 0 Å². The first kappa shape index (κ1) is 33.3. The number of rotatable bonds is 5. The molecule has 0 radical (unpaired) electrons. The number of benzene rings is 9. The Kier molecular flexibility index (Phi) is 8.08. The molecule has 0 fully saturated rings. The first-order chi connectivity index (χ1) is 27.6. The predicted molar refractivity (Wildman–Crippen MR) is 236 cm³/mol. The lowest BCUT2D eigenvalue weighted by Gasteiger charge is -2.30. The van der Waals surface area contributed by atoms with E-state index in [0.29, 0.717) is 5.84 Å². The highest BCUT2D eigenvalue weighted by Crippen LogP contribution is 2.53. The lowest BCUT2D eigenvalue weighted by atomic mass is 9.72. The van der Waals surface area contributed by atoms with Crippen LogP contribution in [0.4, 0.5) is 0 Å². The molecule has 0 aliphatic heterocycles. The van der Waals surface area contributed by atoms with Crippen LogP contribution in [0.5, 0.6) is 0 Å². The standard InChI is InChI=1S/C53H37N3/c1-53(40-19-6-3-7-20-40)49-26-13-12-23-44(49)45-24-14-25-46(50(45)53)52(56-51(54)38-29-27-36(28-30-38)35-15-4-2-5-16-35)55-34-48-42-22-11-9-18-39(42)33-47-41-21-10-8-17-37(41)31-32-43(47)48/h2-34,54H,1H3. The number of fused-ring (bicyclic) bond motifs is 7. The molecule has 10 rings (SSSR count). The first-order valence-corrected chi connectivity index (χ1v) is 19.1. The summed E-state index contributed by atoms with van der Waals surface area (Å²) in [5.74, 6) is 0.649. The molecule has 56 heavy (non-hydrogen) atoms. The quantitative estimate of drug-likeness (QED) is 0.0798. The summed E-state index contributed by atoms with van der Waals surface area (Å²) in [5, 5.41) is 16.4. The van der Waals surface area contributed by atoms with Gasteiger partial charge >= 0.3 is 0 Å². The van der Waals surface area contributed by atoms with Crippen molar-refractivity contribution in [3.05, 3.63) is 228 Å². The molecular weight excluding hydrogens is 679 g/mol. The van der Waals surface area contributed by atoms with Crippen LogP contribution in [0.25, 0.3) is 54.6 Å². The van der Waals surface area contributed by atoms with E-state index >= 15 is 0 Å². The van der Waals surface area contributed by atoms with Gasteiger partial charge in [-0.25, -0.2) is 9.98 Å². The van der Waals surface area contributed by atoms with Crippen molar-refractivity contribution in [2.24, 2.45) is 9.98 Å². The van der Waals surface area contributed by atoms with Crippen LogP contribution in [0, 0.1) is 5.41 Å². The minimum atomic E-state index is -0.481. The van der Waals surface area contributed by atoms with E-state index in [2.05, 4.69) is 171 Å². The zero-order valence-electron chi connectivity index (χ0n) is 30.9.